The fourth-order valence-corrected chi connectivity index (χ4v) is 2.16. The third-order valence-corrected chi connectivity index (χ3v) is 3.17. The SMILES string of the molecule is Cc1[nH]c2c(F)cccc2c1CCNC(=O)CCl. The Bertz CT molecular complexity index is 580. The number of rotatable bonds is 4. The molecule has 2 aromatic rings. The third-order valence-electron chi connectivity index (χ3n) is 2.92. The predicted molar refractivity (Wildman–Crippen MR) is 70.4 cm³/mol. The Balaban J connectivity index is 2.20. The summed E-state index contributed by atoms with van der Waals surface area (Å²) in [5, 5.41) is 3.57. The largest absolute Gasteiger partial charge is 0.356 e. The lowest BCUT2D eigenvalue weighted by Gasteiger charge is -2.03. The molecule has 96 valence electrons. The van der Waals surface area contributed by atoms with E-state index in [1.54, 1.807) is 6.07 Å². The van der Waals surface area contributed by atoms with Crippen LogP contribution >= 0.6 is 11.6 Å². The van der Waals surface area contributed by atoms with Crippen molar-refractivity contribution < 1.29 is 9.18 Å². The van der Waals surface area contributed by atoms with Crippen LogP contribution in [-0.4, -0.2) is 23.3 Å². The molecule has 1 amide bonds. The standard InChI is InChI=1S/C13H14ClFN2O/c1-8-9(5-6-16-12(18)7-14)10-3-2-4-11(15)13(10)17-8/h2-4,17H,5-7H2,1H3,(H,16,18). The predicted octanol–water partition coefficient (Wildman–Crippen LogP) is 2.51. The van der Waals surface area contributed by atoms with Crippen molar-refractivity contribution in [3.05, 3.63) is 35.3 Å². The van der Waals surface area contributed by atoms with E-state index in [4.69, 9.17) is 11.6 Å². The fourth-order valence-electron chi connectivity index (χ4n) is 2.06. The minimum absolute atomic E-state index is 0.0402. The monoisotopic (exact) mass is 268 g/mol. The van der Waals surface area contributed by atoms with E-state index in [-0.39, 0.29) is 17.6 Å². The second-order valence-corrected chi connectivity index (χ2v) is 4.39. The molecule has 1 aromatic heterocycles. The van der Waals surface area contributed by atoms with Crippen molar-refractivity contribution in [1.82, 2.24) is 10.3 Å². The van der Waals surface area contributed by atoms with Crippen molar-refractivity contribution in [2.24, 2.45) is 0 Å². The Morgan fingerprint density at radius 1 is 1.50 bits per heavy atom. The molecule has 0 fully saturated rings. The molecule has 0 aliphatic heterocycles. The van der Waals surface area contributed by atoms with Crippen LogP contribution in [0.2, 0.25) is 0 Å². The molecule has 0 spiro atoms. The number of carbonyl (C=O) groups excluding carboxylic acids is 1. The van der Waals surface area contributed by atoms with Crippen molar-refractivity contribution in [1.29, 1.82) is 0 Å². The molecular weight excluding hydrogens is 255 g/mol. The molecule has 0 bridgehead atoms. The number of fused-ring (bicyclic) bond motifs is 1. The minimum atomic E-state index is -0.258. The third kappa shape index (κ3) is 2.48. The molecule has 2 N–H and O–H groups in total. The number of aromatic nitrogens is 1. The van der Waals surface area contributed by atoms with E-state index < -0.39 is 0 Å². The van der Waals surface area contributed by atoms with Crippen LogP contribution in [0.5, 0.6) is 0 Å². The Morgan fingerprint density at radius 3 is 3.00 bits per heavy atom. The van der Waals surface area contributed by atoms with Gasteiger partial charge in [0.05, 0.1) is 5.52 Å². The molecule has 18 heavy (non-hydrogen) atoms. The van der Waals surface area contributed by atoms with Gasteiger partial charge in [-0.05, 0) is 25.0 Å². The second kappa shape index (κ2) is 5.40. The number of nitrogens with one attached hydrogen (secondary N) is 2. The van der Waals surface area contributed by atoms with Crippen LogP contribution in [0.25, 0.3) is 10.9 Å². The molecule has 1 aromatic carbocycles. The summed E-state index contributed by atoms with van der Waals surface area (Å²) in [5.74, 6) is -0.492. The van der Waals surface area contributed by atoms with Gasteiger partial charge in [0, 0.05) is 17.6 Å². The van der Waals surface area contributed by atoms with Crippen LogP contribution in [0.1, 0.15) is 11.3 Å². The van der Waals surface area contributed by atoms with E-state index in [0.29, 0.717) is 18.5 Å². The van der Waals surface area contributed by atoms with Gasteiger partial charge < -0.3 is 10.3 Å². The molecule has 0 saturated carbocycles. The number of aromatic amines is 1. The number of hydrogen-bond donors (Lipinski definition) is 2. The number of carbonyl (C=O) groups is 1. The Kier molecular flexibility index (Phi) is 3.87. The van der Waals surface area contributed by atoms with E-state index >= 15 is 0 Å². The number of halogens is 2. The normalized spacial score (nSPS) is 10.8. The summed E-state index contributed by atoms with van der Waals surface area (Å²) in [7, 11) is 0. The molecule has 2 rings (SSSR count). The van der Waals surface area contributed by atoms with E-state index in [1.165, 1.54) is 6.07 Å². The van der Waals surface area contributed by atoms with Gasteiger partial charge in [0.1, 0.15) is 11.7 Å². The van der Waals surface area contributed by atoms with Gasteiger partial charge in [-0.25, -0.2) is 4.39 Å². The summed E-state index contributed by atoms with van der Waals surface area (Å²) in [6.45, 7) is 2.40. The highest BCUT2D eigenvalue weighted by Gasteiger charge is 2.11. The first-order valence-electron chi connectivity index (χ1n) is 5.72. The van der Waals surface area contributed by atoms with Crippen molar-refractivity contribution in [2.45, 2.75) is 13.3 Å². The van der Waals surface area contributed by atoms with E-state index in [1.807, 2.05) is 13.0 Å². The highest BCUT2D eigenvalue weighted by molar-refractivity contribution is 6.27. The maximum absolute atomic E-state index is 13.6. The number of aryl methyl sites for hydroxylation is 1. The summed E-state index contributed by atoms with van der Waals surface area (Å²) in [4.78, 5) is 14.1. The lowest BCUT2D eigenvalue weighted by Crippen LogP contribution is -2.26. The van der Waals surface area contributed by atoms with E-state index in [0.717, 1.165) is 16.6 Å². The van der Waals surface area contributed by atoms with Crippen LogP contribution in [-0.2, 0) is 11.2 Å². The molecule has 0 aliphatic rings. The zero-order valence-electron chi connectivity index (χ0n) is 10.0. The summed E-state index contributed by atoms with van der Waals surface area (Å²) in [5.41, 5.74) is 2.48. The first kappa shape index (κ1) is 12.9. The van der Waals surface area contributed by atoms with Crippen molar-refractivity contribution >= 4 is 28.4 Å². The highest BCUT2D eigenvalue weighted by atomic mass is 35.5. The van der Waals surface area contributed by atoms with Crippen LogP contribution in [0.4, 0.5) is 4.39 Å². The van der Waals surface area contributed by atoms with Gasteiger partial charge in [0.15, 0.2) is 0 Å². The molecule has 5 heteroatoms. The van der Waals surface area contributed by atoms with Gasteiger partial charge >= 0.3 is 0 Å². The summed E-state index contributed by atoms with van der Waals surface area (Å²) < 4.78 is 13.6. The number of hydrogen-bond acceptors (Lipinski definition) is 1. The smallest absolute Gasteiger partial charge is 0.234 e. The molecule has 0 aliphatic carbocycles. The van der Waals surface area contributed by atoms with E-state index in [2.05, 4.69) is 10.3 Å². The van der Waals surface area contributed by atoms with Crippen molar-refractivity contribution in [3.8, 4) is 0 Å². The Morgan fingerprint density at radius 2 is 2.28 bits per heavy atom. The van der Waals surface area contributed by atoms with Crippen molar-refractivity contribution in [3.63, 3.8) is 0 Å². The molecular formula is C13H14ClFN2O. The lowest BCUT2D eigenvalue weighted by molar-refractivity contribution is -0.118. The van der Waals surface area contributed by atoms with Gasteiger partial charge in [-0.2, -0.15) is 0 Å². The number of benzene rings is 1. The number of alkyl halides is 1. The van der Waals surface area contributed by atoms with Crippen LogP contribution in [0.3, 0.4) is 0 Å². The zero-order chi connectivity index (χ0) is 13.1. The second-order valence-electron chi connectivity index (χ2n) is 4.12. The van der Waals surface area contributed by atoms with Crippen LogP contribution in [0.15, 0.2) is 18.2 Å². The summed E-state index contributed by atoms with van der Waals surface area (Å²) in [6, 6.07) is 4.99. The molecule has 0 saturated heterocycles. The maximum Gasteiger partial charge on any atom is 0.234 e. The number of H-pyrrole nitrogens is 1. The average Bonchev–Trinajstić information content (AvgIpc) is 2.68. The molecule has 0 radical (unpaired) electrons. The highest BCUT2D eigenvalue weighted by Crippen LogP contribution is 2.24. The average molecular weight is 269 g/mol. The summed E-state index contributed by atoms with van der Waals surface area (Å²) >= 11 is 5.39. The van der Waals surface area contributed by atoms with Crippen LogP contribution < -0.4 is 5.32 Å². The fraction of sp³-hybridized carbons (Fsp3) is 0.308. The summed E-state index contributed by atoms with van der Waals surface area (Å²) in [6.07, 6.45) is 0.651. The van der Waals surface area contributed by atoms with Gasteiger partial charge in [-0.1, -0.05) is 12.1 Å². The molecule has 0 unspecified atom stereocenters. The van der Waals surface area contributed by atoms with Gasteiger partial charge in [0.25, 0.3) is 0 Å². The Hall–Kier alpha value is -1.55. The first-order valence-corrected chi connectivity index (χ1v) is 6.25. The van der Waals surface area contributed by atoms with E-state index in [9.17, 15) is 9.18 Å². The molecule has 0 atom stereocenters. The van der Waals surface area contributed by atoms with Gasteiger partial charge in [-0.3, -0.25) is 4.79 Å². The molecule has 3 nitrogen and oxygen atoms in total. The van der Waals surface area contributed by atoms with Gasteiger partial charge in [0.2, 0.25) is 5.91 Å². The maximum atomic E-state index is 13.6. The minimum Gasteiger partial charge on any atom is -0.356 e. The van der Waals surface area contributed by atoms with Crippen LogP contribution in [0, 0.1) is 12.7 Å². The zero-order valence-corrected chi connectivity index (χ0v) is 10.8. The van der Waals surface area contributed by atoms with Gasteiger partial charge in [-0.15, -0.1) is 11.6 Å². The Labute approximate surface area is 109 Å². The quantitative estimate of drug-likeness (QED) is 0.823. The number of para-hydroxylation sites is 1. The number of amides is 1. The van der Waals surface area contributed by atoms with Crippen molar-refractivity contribution in [2.75, 3.05) is 12.4 Å². The lowest BCUT2D eigenvalue weighted by atomic mass is 10.1. The first-order chi connectivity index (χ1) is 8.63. The topological polar surface area (TPSA) is 44.9 Å². The molecule has 1 heterocycles.